The first-order valence-corrected chi connectivity index (χ1v) is 17.4. The van der Waals surface area contributed by atoms with E-state index in [4.69, 9.17) is 0 Å². The molecule has 0 heterocycles. The van der Waals surface area contributed by atoms with Crippen molar-refractivity contribution in [2.75, 3.05) is 4.90 Å². The molecule has 53 heavy (non-hydrogen) atoms. The van der Waals surface area contributed by atoms with Crippen LogP contribution >= 0.6 is 0 Å². The van der Waals surface area contributed by atoms with E-state index in [2.05, 4.69) is 196 Å². The van der Waals surface area contributed by atoms with E-state index >= 15 is 0 Å². The molecule has 7 aromatic rings. The quantitative estimate of drug-likeness (QED) is 0.157. The number of hydrogen-bond acceptors (Lipinski definition) is 1. The van der Waals surface area contributed by atoms with E-state index in [-0.39, 0.29) is 75.4 Å². The maximum atomic E-state index is 2.41. The second-order valence-corrected chi connectivity index (χ2v) is 14.6. The van der Waals surface area contributed by atoms with Crippen LogP contribution in [-0.4, -0.2) is 0 Å². The van der Waals surface area contributed by atoms with Gasteiger partial charge in [0.05, 0.1) is 0 Å². The first kappa shape index (κ1) is 40.3. The van der Waals surface area contributed by atoms with Crippen LogP contribution in [0.15, 0.2) is 164 Å². The van der Waals surface area contributed by atoms with Gasteiger partial charge in [-0.1, -0.05) is 149 Å². The van der Waals surface area contributed by atoms with E-state index in [9.17, 15) is 0 Å². The maximum Gasteiger partial charge on any atom is 0.0465 e. The zero-order valence-corrected chi connectivity index (χ0v) is 35.1. The van der Waals surface area contributed by atoms with Crippen molar-refractivity contribution in [1.29, 1.82) is 0 Å². The summed E-state index contributed by atoms with van der Waals surface area (Å²) in [7, 11) is 0. The molecule has 4 heteroatoms. The zero-order valence-electron chi connectivity index (χ0n) is 30.9. The van der Waals surface area contributed by atoms with Crippen LogP contribution in [0.5, 0.6) is 0 Å². The van der Waals surface area contributed by atoms with Gasteiger partial charge in [0.25, 0.3) is 0 Å². The van der Waals surface area contributed by atoms with Gasteiger partial charge in [0, 0.05) is 85.0 Å². The number of anilines is 3. The fraction of sp³-hybridized carbons (Fsp3) is 0.122. The number of benzene rings is 7. The van der Waals surface area contributed by atoms with Gasteiger partial charge in [0.2, 0.25) is 0 Å². The number of hydrogen-bond donors (Lipinski definition) is 0. The van der Waals surface area contributed by atoms with Gasteiger partial charge in [-0.25, -0.2) is 0 Å². The summed E-state index contributed by atoms with van der Waals surface area (Å²) in [6, 6.07) is 60.5. The van der Waals surface area contributed by atoms with Gasteiger partial charge in [-0.3, -0.25) is 0 Å². The van der Waals surface area contributed by atoms with Gasteiger partial charge in [-0.2, -0.15) is 0 Å². The average molecular weight is 800 g/mol. The van der Waals surface area contributed by atoms with Crippen molar-refractivity contribution in [1.82, 2.24) is 0 Å². The first-order chi connectivity index (χ1) is 23.8. The molecule has 0 amide bonds. The summed E-state index contributed by atoms with van der Waals surface area (Å²) >= 11 is 0. The Bertz CT molecular complexity index is 2380. The molecule has 2 aliphatic rings. The van der Waals surface area contributed by atoms with E-state index < -0.39 is 0 Å². The van der Waals surface area contributed by atoms with Crippen LogP contribution in [0.4, 0.5) is 17.1 Å². The summed E-state index contributed by atoms with van der Waals surface area (Å²) in [5.41, 5.74) is 19.2. The van der Waals surface area contributed by atoms with E-state index in [1.54, 1.807) is 0 Å². The molecule has 261 valence electrons. The molecule has 2 aliphatic carbocycles. The smallest absolute Gasteiger partial charge is 0.0465 e. The van der Waals surface area contributed by atoms with Crippen molar-refractivity contribution >= 4 is 17.1 Å². The minimum Gasteiger partial charge on any atom is -0.358 e. The molecule has 3 radical (unpaired) electrons. The largest absolute Gasteiger partial charge is 0.358 e. The van der Waals surface area contributed by atoms with Crippen molar-refractivity contribution in [3.8, 4) is 44.5 Å². The Morgan fingerprint density at radius 3 is 1.23 bits per heavy atom. The maximum absolute atomic E-state index is 2.41. The van der Waals surface area contributed by atoms with Gasteiger partial charge in [-0.15, -0.1) is 0 Å². The monoisotopic (exact) mass is 799 g/mol. The van der Waals surface area contributed by atoms with Crippen molar-refractivity contribution in [3.63, 3.8) is 0 Å². The van der Waals surface area contributed by atoms with Crippen molar-refractivity contribution < 1.29 is 57.1 Å². The molecule has 0 atom stereocenters. The molecular formula is C49H44NV3-. The molecule has 0 spiro atoms. The topological polar surface area (TPSA) is 3.24 Å². The van der Waals surface area contributed by atoms with Crippen molar-refractivity contribution in [2.24, 2.45) is 0 Å². The van der Waals surface area contributed by atoms with Crippen LogP contribution < -0.4 is 4.90 Å². The SMILES string of the molecule is CC1(C)c2ccccc2-c2ccc(-c3ccc(N(c4ccc(-c5ccccc5)cc4)c4ccc5c(c4)C(C)(C)c4ccccc4-5)cc3)cc21.[CH3-].[HH].[V].[V].[V]. The van der Waals surface area contributed by atoms with Crippen LogP contribution in [0, 0.1) is 7.43 Å². The molecule has 0 aromatic heterocycles. The summed E-state index contributed by atoms with van der Waals surface area (Å²) in [6.07, 6.45) is 0. The zero-order chi connectivity index (χ0) is 33.3. The Morgan fingerprint density at radius 2 is 0.698 bits per heavy atom. The summed E-state index contributed by atoms with van der Waals surface area (Å²) in [5, 5.41) is 0. The minimum atomic E-state index is -0.0738. The normalized spacial score (nSPS) is 13.4. The van der Waals surface area contributed by atoms with Crippen molar-refractivity contribution in [2.45, 2.75) is 38.5 Å². The molecule has 0 N–H and O–H groups in total. The Hall–Kier alpha value is -3.91. The third-order valence-corrected chi connectivity index (χ3v) is 11.1. The van der Waals surface area contributed by atoms with Gasteiger partial charge < -0.3 is 12.3 Å². The Kier molecular flexibility index (Phi) is 11.7. The Labute approximate surface area is 353 Å². The van der Waals surface area contributed by atoms with E-state index in [0.717, 1.165) is 17.1 Å². The minimum absolute atomic E-state index is 0. The van der Waals surface area contributed by atoms with E-state index in [0.29, 0.717) is 0 Å². The second kappa shape index (κ2) is 15.4. The van der Waals surface area contributed by atoms with Crippen LogP contribution in [0.25, 0.3) is 44.5 Å². The summed E-state index contributed by atoms with van der Waals surface area (Å²) in [5.74, 6) is 0. The molecule has 0 aliphatic heterocycles. The van der Waals surface area contributed by atoms with Gasteiger partial charge in [-0.05, 0) is 109 Å². The molecule has 7 aromatic carbocycles. The third-order valence-electron chi connectivity index (χ3n) is 11.1. The summed E-state index contributed by atoms with van der Waals surface area (Å²) in [6.45, 7) is 9.40. The molecular weight excluding hydrogens is 755 g/mol. The molecule has 1 nitrogen and oxygen atoms in total. The van der Waals surface area contributed by atoms with E-state index in [1.165, 1.54) is 66.8 Å². The fourth-order valence-corrected chi connectivity index (χ4v) is 8.40. The summed E-state index contributed by atoms with van der Waals surface area (Å²) < 4.78 is 0. The van der Waals surface area contributed by atoms with E-state index in [1.807, 2.05) is 0 Å². The molecule has 0 saturated heterocycles. The van der Waals surface area contributed by atoms with Crippen LogP contribution in [0.2, 0.25) is 0 Å². The number of nitrogens with zero attached hydrogens (tertiary/aromatic N) is 1. The number of fused-ring (bicyclic) bond motifs is 6. The summed E-state index contributed by atoms with van der Waals surface area (Å²) in [4.78, 5) is 2.40. The molecule has 0 bridgehead atoms. The third kappa shape index (κ3) is 6.64. The van der Waals surface area contributed by atoms with Crippen molar-refractivity contribution in [3.05, 3.63) is 193 Å². The molecule has 9 rings (SSSR count). The van der Waals surface area contributed by atoms with Crippen LogP contribution in [-0.2, 0) is 66.5 Å². The second-order valence-electron chi connectivity index (χ2n) is 14.6. The Morgan fingerprint density at radius 1 is 0.340 bits per heavy atom. The predicted octanol–water partition coefficient (Wildman–Crippen LogP) is 13.8. The first-order valence-electron chi connectivity index (χ1n) is 17.4. The van der Waals surface area contributed by atoms with Crippen LogP contribution in [0.1, 0.15) is 51.4 Å². The molecule has 0 unspecified atom stereocenters. The molecule has 0 fully saturated rings. The van der Waals surface area contributed by atoms with Crippen LogP contribution in [0.3, 0.4) is 0 Å². The number of rotatable bonds is 5. The van der Waals surface area contributed by atoms with Gasteiger partial charge >= 0.3 is 0 Å². The van der Waals surface area contributed by atoms with Gasteiger partial charge in [0.15, 0.2) is 0 Å². The average Bonchev–Trinajstić information content (AvgIpc) is 3.52. The van der Waals surface area contributed by atoms with Gasteiger partial charge in [0.1, 0.15) is 0 Å². The Balaban J connectivity index is 0.00000130. The fourth-order valence-electron chi connectivity index (χ4n) is 8.40. The molecule has 0 saturated carbocycles. The standard InChI is InChI=1S/C48H39N.CH3.3V.H2/c1-47(2)43-16-10-8-14-39(43)41-28-22-35(30-45(41)47)34-20-25-37(26-21-34)49(36-23-18-33(19-24-36)32-12-6-5-7-13-32)38-27-29-42-40-15-9-11-17-44(40)48(3,4)46(42)31-38;;;;;/h5-31H,1-4H3;1H3;;;;1H/q;-1;;;;. The predicted molar refractivity (Wildman–Crippen MR) is 216 cm³/mol.